The van der Waals surface area contributed by atoms with Crippen molar-refractivity contribution in [1.29, 1.82) is 0 Å². The van der Waals surface area contributed by atoms with Crippen molar-refractivity contribution < 1.29 is 4.79 Å². The predicted molar refractivity (Wildman–Crippen MR) is 94.9 cm³/mol. The van der Waals surface area contributed by atoms with Crippen molar-refractivity contribution in [1.82, 2.24) is 0 Å². The molecule has 0 fully saturated rings. The summed E-state index contributed by atoms with van der Waals surface area (Å²) in [7, 11) is 0. The molecule has 0 unspecified atom stereocenters. The van der Waals surface area contributed by atoms with Crippen LogP contribution < -0.4 is 0 Å². The monoisotopic (exact) mass is 314 g/mol. The molecule has 0 saturated heterocycles. The fourth-order valence-corrected chi connectivity index (χ4v) is 2.65. The third-order valence-electron chi connectivity index (χ3n) is 3.89. The van der Waals surface area contributed by atoms with Gasteiger partial charge in [0.2, 0.25) is 5.24 Å². The van der Waals surface area contributed by atoms with Gasteiger partial charge in [-0.25, -0.2) is 0 Å². The predicted octanol–water partition coefficient (Wildman–Crippen LogP) is 7.18. The molecule has 0 aliphatic heterocycles. The maximum atomic E-state index is 10.5. The van der Waals surface area contributed by atoms with E-state index in [0.717, 1.165) is 19.3 Å². The van der Waals surface area contributed by atoms with Gasteiger partial charge in [-0.05, 0) is 43.7 Å². The highest BCUT2D eigenvalue weighted by atomic mass is 35.5. The van der Waals surface area contributed by atoms with Crippen LogP contribution in [-0.4, -0.2) is 5.24 Å². The zero-order chi connectivity index (χ0) is 15.6. The standard InChI is InChI=1S/C19H35ClO/c1-2-3-4-5-6-7-8-9-10-11-12-13-14-15-16-17-18-19(20)21/h13-14H,2-12,15-18H2,1H3/b14-13+. The Morgan fingerprint density at radius 2 is 1.14 bits per heavy atom. The lowest BCUT2D eigenvalue weighted by Gasteiger charge is -2.01. The summed E-state index contributed by atoms with van der Waals surface area (Å²) < 4.78 is 0. The molecule has 124 valence electrons. The number of allylic oxidation sites excluding steroid dienone is 2. The van der Waals surface area contributed by atoms with Gasteiger partial charge in [-0.1, -0.05) is 76.9 Å². The van der Waals surface area contributed by atoms with Crippen LogP contribution in [0.15, 0.2) is 12.2 Å². The Morgan fingerprint density at radius 1 is 0.714 bits per heavy atom. The van der Waals surface area contributed by atoms with Crippen LogP contribution in [0.25, 0.3) is 0 Å². The van der Waals surface area contributed by atoms with Crippen LogP contribution >= 0.6 is 11.6 Å². The highest BCUT2D eigenvalue weighted by Crippen LogP contribution is 2.11. The molecule has 1 nitrogen and oxygen atoms in total. The SMILES string of the molecule is CCCCCCCCCCCC/C=C/CCCCC(=O)Cl. The molecule has 0 heterocycles. The molecule has 0 aromatic carbocycles. The highest BCUT2D eigenvalue weighted by Gasteiger charge is 1.94. The Morgan fingerprint density at radius 3 is 1.62 bits per heavy atom. The normalized spacial score (nSPS) is 11.3. The number of hydrogen-bond acceptors (Lipinski definition) is 1. The van der Waals surface area contributed by atoms with Crippen molar-refractivity contribution in [2.75, 3.05) is 0 Å². The number of unbranched alkanes of at least 4 members (excludes halogenated alkanes) is 12. The number of carbonyl (C=O) groups is 1. The van der Waals surface area contributed by atoms with E-state index in [1.54, 1.807) is 0 Å². The van der Waals surface area contributed by atoms with E-state index in [1.807, 2.05) is 0 Å². The molecule has 0 N–H and O–H groups in total. The first-order valence-corrected chi connectivity index (χ1v) is 9.48. The smallest absolute Gasteiger partial charge is 0.221 e. The van der Waals surface area contributed by atoms with Gasteiger partial charge in [0.25, 0.3) is 0 Å². The summed E-state index contributed by atoms with van der Waals surface area (Å²) >= 11 is 5.29. The first kappa shape index (κ1) is 20.7. The minimum atomic E-state index is -0.204. The van der Waals surface area contributed by atoms with E-state index in [0.29, 0.717) is 6.42 Å². The van der Waals surface area contributed by atoms with Gasteiger partial charge in [-0.2, -0.15) is 0 Å². The topological polar surface area (TPSA) is 17.1 Å². The van der Waals surface area contributed by atoms with Gasteiger partial charge < -0.3 is 0 Å². The highest BCUT2D eigenvalue weighted by molar-refractivity contribution is 6.63. The van der Waals surface area contributed by atoms with Crippen molar-refractivity contribution in [2.24, 2.45) is 0 Å². The van der Waals surface area contributed by atoms with Crippen LogP contribution in [0, 0.1) is 0 Å². The van der Waals surface area contributed by atoms with E-state index < -0.39 is 0 Å². The second-order valence-corrected chi connectivity index (χ2v) is 6.46. The van der Waals surface area contributed by atoms with Gasteiger partial charge in [0, 0.05) is 6.42 Å². The zero-order valence-corrected chi connectivity index (χ0v) is 14.8. The second-order valence-electron chi connectivity index (χ2n) is 6.04. The molecule has 0 aliphatic rings. The quantitative estimate of drug-likeness (QED) is 0.167. The van der Waals surface area contributed by atoms with Gasteiger partial charge in [-0.3, -0.25) is 4.79 Å². The summed E-state index contributed by atoms with van der Waals surface area (Å²) in [6.45, 7) is 2.27. The Kier molecular flexibility index (Phi) is 17.5. The Bertz CT molecular complexity index is 248. The molecule has 2 heteroatoms. The van der Waals surface area contributed by atoms with E-state index >= 15 is 0 Å². The average Bonchev–Trinajstić information content (AvgIpc) is 2.46. The molecule has 21 heavy (non-hydrogen) atoms. The third kappa shape index (κ3) is 19.7. The zero-order valence-electron chi connectivity index (χ0n) is 14.0. The van der Waals surface area contributed by atoms with E-state index in [4.69, 9.17) is 11.6 Å². The molecule has 0 aromatic rings. The summed E-state index contributed by atoms with van der Waals surface area (Å²) in [6.07, 6.45) is 23.4. The van der Waals surface area contributed by atoms with Crippen LogP contribution in [0.5, 0.6) is 0 Å². The van der Waals surface area contributed by atoms with Crippen molar-refractivity contribution in [3.05, 3.63) is 12.2 Å². The molecule has 0 aromatic heterocycles. The summed E-state index contributed by atoms with van der Waals surface area (Å²) in [6, 6.07) is 0. The lowest BCUT2D eigenvalue weighted by molar-refractivity contribution is -0.111. The van der Waals surface area contributed by atoms with E-state index in [1.165, 1.54) is 70.6 Å². The van der Waals surface area contributed by atoms with E-state index in [9.17, 15) is 4.79 Å². The Hall–Kier alpha value is -0.300. The molecule has 0 amide bonds. The molecule has 0 saturated carbocycles. The molecule has 0 aliphatic carbocycles. The van der Waals surface area contributed by atoms with E-state index in [2.05, 4.69) is 19.1 Å². The lowest BCUT2D eigenvalue weighted by atomic mass is 10.1. The average molecular weight is 315 g/mol. The Balaban J connectivity index is 3.06. The largest absolute Gasteiger partial charge is 0.281 e. The first-order chi connectivity index (χ1) is 10.3. The Labute approximate surface area is 137 Å². The molecule has 0 radical (unpaired) electrons. The van der Waals surface area contributed by atoms with Crippen LogP contribution in [0.4, 0.5) is 0 Å². The molecular formula is C19H35ClO. The third-order valence-corrected chi connectivity index (χ3v) is 4.07. The molecular weight excluding hydrogens is 280 g/mol. The fourth-order valence-electron chi connectivity index (χ4n) is 2.51. The van der Waals surface area contributed by atoms with Crippen molar-refractivity contribution in [2.45, 2.75) is 103 Å². The molecule has 0 bridgehead atoms. The fraction of sp³-hybridized carbons (Fsp3) is 0.842. The second kappa shape index (κ2) is 17.8. The minimum absolute atomic E-state index is 0.204. The molecule has 0 spiro atoms. The van der Waals surface area contributed by atoms with Gasteiger partial charge in [0.05, 0.1) is 0 Å². The van der Waals surface area contributed by atoms with Crippen LogP contribution in [0.1, 0.15) is 103 Å². The summed E-state index contributed by atoms with van der Waals surface area (Å²) in [5.74, 6) is 0. The van der Waals surface area contributed by atoms with Gasteiger partial charge >= 0.3 is 0 Å². The lowest BCUT2D eigenvalue weighted by Crippen LogP contribution is -1.84. The number of halogens is 1. The summed E-state index contributed by atoms with van der Waals surface area (Å²) in [5, 5.41) is -0.204. The van der Waals surface area contributed by atoms with Crippen molar-refractivity contribution in [3.63, 3.8) is 0 Å². The van der Waals surface area contributed by atoms with Gasteiger partial charge in [0.1, 0.15) is 0 Å². The summed E-state index contributed by atoms with van der Waals surface area (Å²) in [4.78, 5) is 10.5. The van der Waals surface area contributed by atoms with E-state index in [-0.39, 0.29) is 5.24 Å². The van der Waals surface area contributed by atoms with Crippen molar-refractivity contribution >= 4 is 16.8 Å². The minimum Gasteiger partial charge on any atom is -0.281 e. The number of hydrogen-bond donors (Lipinski definition) is 0. The number of rotatable bonds is 16. The first-order valence-electron chi connectivity index (χ1n) is 9.10. The maximum absolute atomic E-state index is 10.5. The maximum Gasteiger partial charge on any atom is 0.221 e. The van der Waals surface area contributed by atoms with Gasteiger partial charge in [0.15, 0.2) is 0 Å². The van der Waals surface area contributed by atoms with Crippen LogP contribution in [0.2, 0.25) is 0 Å². The molecule has 0 atom stereocenters. The van der Waals surface area contributed by atoms with Crippen LogP contribution in [-0.2, 0) is 4.79 Å². The number of carbonyl (C=O) groups excluding carboxylic acids is 1. The van der Waals surface area contributed by atoms with Crippen LogP contribution in [0.3, 0.4) is 0 Å². The van der Waals surface area contributed by atoms with Gasteiger partial charge in [-0.15, -0.1) is 0 Å². The summed E-state index contributed by atoms with van der Waals surface area (Å²) in [5.41, 5.74) is 0. The molecule has 0 rings (SSSR count). The van der Waals surface area contributed by atoms with Crippen molar-refractivity contribution in [3.8, 4) is 0 Å².